The lowest BCUT2D eigenvalue weighted by Gasteiger charge is -2.07. The van der Waals surface area contributed by atoms with Crippen LogP contribution in [0.2, 0.25) is 0 Å². The average molecular weight is 308 g/mol. The van der Waals surface area contributed by atoms with Crippen LogP contribution in [-0.4, -0.2) is 4.98 Å². The van der Waals surface area contributed by atoms with Crippen LogP contribution in [0.15, 0.2) is 34.9 Å². The van der Waals surface area contributed by atoms with Crippen molar-refractivity contribution in [3.63, 3.8) is 0 Å². The van der Waals surface area contributed by atoms with Crippen molar-refractivity contribution in [3.8, 4) is 17.7 Å². The maximum absolute atomic E-state index is 13.2. The maximum atomic E-state index is 13.2. The SMILES string of the molecule is N#Cc1cc(N)cnc1Oc1cc(F)cc(Br)c1. The number of anilines is 1. The third-order valence-corrected chi connectivity index (χ3v) is 2.50. The van der Waals surface area contributed by atoms with Gasteiger partial charge < -0.3 is 10.5 Å². The molecule has 0 spiro atoms. The van der Waals surface area contributed by atoms with Crippen LogP contribution in [0.5, 0.6) is 11.6 Å². The number of ether oxygens (including phenoxy) is 1. The lowest BCUT2D eigenvalue weighted by atomic mass is 10.2. The van der Waals surface area contributed by atoms with Gasteiger partial charge in [0.15, 0.2) is 0 Å². The summed E-state index contributed by atoms with van der Waals surface area (Å²) in [5.41, 5.74) is 6.06. The predicted octanol–water partition coefficient (Wildman–Crippen LogP) is 3.23. The molecule has 1 heterocycles. The minimum atomic E-state index is -0.451. The third-order valence-electron chi connectivity index (χ3n) is 2.04. The van der Waals surface area contributed by atoms with Crippen LogP contribution in [0.4, 0.5) is 10.1 Å². The van der Waals surface area contributed by atoms with Crippen LogP contribution >= 0.6 is 15.9 Å². The van der Waals surface area contributed by atoms with E-state index in [9.17, 15) is 4.39 Å². The second-order valence-electron chi connectivity index (χ2n) is 3.44. The summed E-state index contributed by atoms with van der Waals surface area (Å²) >= 11 is 3.15. The number of nitrogen functional groups attached to an aromatic ring is 1. The topological polar surface area (TPSA) is 71.9 Å². The number of halogens is 2. The predicted molar refractivity (Wildman–Crippen MR) is 67.5 cm³/mol. The van der Waals surface area contributed by atoms with Crippen molar-refractivity contribution < 1.29 is 9.13 Å². The fourth-order valence-electron chi connectivity index (χ4n) is 1.33. The largest absolute Gasteiger partial charge is 0.438 e. The van der Waals surface area contributed by atoms with Crippen molar-refractivity contribution in [2.75, 3.05) is 5.73 Å². The summed E-state index contributed by atoms with van der Waals surface area (Å²) in [6.45, 7) is 0. The monoisotopic (exact) mass is 307 g/mol. The number of hydrogen-bond donors (Lipinski definition) is 1. The fraction of sp³-hybridized carbons (Fsp3) is 0. The summed E-state index contributed by atoms with van der Waals surface area (Å²) in [5.74, 6) is -0.117. The van der Waals surface area contributed by atoms with Crippen LogP contribution in [-0.2, 0) is 0 Å². The number of nitriles is 1. The van der Waals surface area contributed by atoms with Crippen LogP contribution in [0, 0.1) is 17.1 Å². The van der Waals surface area contributed by atoms with Crippen LogP contribution in [0.25, 0.3) is 0 Å². The fourth-order valence-corrected chi connectivity index (χ4v) is 1.77. The van der Waals surface area contributed by atoms with Gasteiger partial charge in [0.05, 0.1) is 11.9 Å². The first-order chi connectivity index (χ1) is 8.58. The second-order valence-corrected chi connectivity index (χ2v) is 4.36. The van der Waals surface area contributed by atoms with E-state index in [1.54, 1.807) is 6.07 Å². The molecule has 0 saturated heterocycles. The summed E-state index contributed by atoms with van der Waals surface area (Å²) < 4.78 is 19.1. The molecule has 0 fully saturated rings. The van der Waals surface area contributed by atoms with E-state index in [4.69, 9.17) is 15.7 Å². The molecule has 0 amide bonds. The summed E-state index contributed by atoms with van der Waals surface area (Å²) in [6, 6.07) is 7.42. The molecule has 6 heteroatoms. The first-order valence-electron chi connectivity index (χ1n) is 4.88. The number of rotatable bonds is 2. The van der Waals surface area contributed by atoms with Crippen molar-refractivity contribution in [1.82, 2.24) is 4.98 Å². The Morgan fingerprint density at radius 1 is 1.33 bits per heavy atom. The molecule has 4 nitrogen and oxygen atoms in total. The molecule has 1 aromatic heterocycles. The van der Waals surface area contributed by atoms with Crippen molar-refractivity contribution in [3.05, 3.63) is 46.3 Å². The molecule has 0 aliphatic rings. The Balaban J connectivity index is 2.37. The van der Waals surface area contributed by atoms with Crippen molar-refractivity contribution in [1.29, 1.82) is 5.26 Å². The normalized spacial score (nSPS) is 9.83. The molecule has 0 aliphatic heterocycles. The highest BCUT2D eigenvalue weighted by atomic mass is 79.9. The summed E-state index contributed by atoms with van der Waals surface area (Å²) in [4.78, 5) is 3.90. The van der Waals surface area contributed by atoms with E-state index in [0.29, 0.717) is 10.2 Å². The van der Waals surface area contributed by atoms with Gasteiger partial charge in [-0.2, -0.15) is 5.26 Å². The van der Waals surface area contributed by atoms with E-state index in [-0.39, 0.29) is 17.2 Å². The highest BCUT2D eigenvalue weighted by Gasteiger charge is 2.08. The minimum Gasteiger partial charge on any atom is -0.438 e. The van der Waals surface area contributed by atoms with Gasteiger partial charge in [-0.15, -0.1) is 0 Å². The molecule has 2 N–H and O–H groups in total. The number of nitrogens with zero attached hydrogens (tertiary/aromatic N) is 2. The Morgan fingerprint density at radius 3 is 2.78 bits per heavy atom. The van der Waals surface area contributed by atoms with Gasteiger partial charge in [-0.3, -0.25) is 0 Å². The number of benzene rings is 1. The zero-order chi connectivity index (χ0) is 13.1. The minimum absolute atomic E-state index is 0.0872. The van der Waals surface area contributed by atoms with E-state index < -0.39 is 5.82 Å². The van der Waals surface area contributed by atoms with Gasteiger partial charge in [0.2, 0.25) is 5.88 Å². The summed E-state index contributed by atoms with van der Waals surface area (Å²) in [6.07, 6.45) is 1.37. The van der Waals surface area contributed by atoms with Crippen molar-refractivity contribution in [2.45, 2.75) is 0 Å². The molecule has 0 saturated carbocycles. The molecular formula is C12H7BrFN3O. The van der Waals surface area contributed by atoms with Crippen LogP contribution in [0.3, 0.4) is 0 Å². The molecular weight excluding hydrogens is 301 g/mol. The number of nitrogens with two attached hydrogens (primary N) is 1. The molecule has 0 radical (unpaired) electrons. The molecule has 1 aromatic carbocycles. The Bertz CT molecular complexity index is 619. The van der Waals surface area contributed by atoms with E-state index in [1.807, 2.05) is 6.07 Å². The van der Waals surface area contributed by atoms with Crippen molar-refractivity contribution in [2.24, 2.45) is 0 Å². The Morgan fingerprint density at radius 2 is 2.11 bits per heavy atom. The molecule has 2 aromatic rings. The lowest BCUT2D eigenvalue weighted by Crippen LogP contribution is -1.95. The molecule has 2 rings (SSSR count). The Labute approximate surface area is 111 Å². The maximum Gasteiger partial charge on any atom is 0.237 e. The summed E-state index contributed by atoms with van der Waals surface area (Å²) in [7, 11) is 0. The lowest BCUT2D eigenvalue weighted by molar-refractivity contribution is 0.456. The zero-order valence-corrected chi connectivity index (χ0v) is 10.6. The first kappa shape index (κ1) is 12.3. The van der Waals surface area contributed by atoms with E-state index in [1.165, 1.54) is 24.4 Å². The van der Waals surface area contributed by atoms with E-state index in [0.717, 1.165) is 0 Å². The second kappa shape index (κ2) is 5.02. The number of hydrogen-bond acceptors (Lipinski definition) is 4. The number of pyridine rings is 1. The van der Waals surface area contributed by atoms with Gasteiger partial charge >= 0.3 is 0 Å². The third kappa shape index (κ3) is 2.76. The van der Waals surface area contributed by atoms with Crippen LogP contribution in [0.1, 0.15) is 5.56 Å². The van der Waals surface area contributed by atoms with Crippen LogP contribution < -0.4 is 10.5 Å². The van der Waals surface area contributed by atoms with Gasteiger partial charge in [-0.1, -0.05) is 15.9 Å². The molecule has 18 heavy (non-hydrogen) atoms. The summed E-state index contributed by atoms with van der Waals surface area (Å²) in [5, 5.41) is 8.92. The van der Waals surface area contributed by atoms with E-state index in [2.05, 4.69) is 20.9 Å². The zero-order valence-electron chi connectivity index (χ0n) is 9.02. The van der Waals surface area contributed by atoms with Gasteiger partial charge in [-0.05, 0) is 18.2 Å². The molecule has 0 atom stereocenters. The Hall–Kier alpha value is -2.13. The van der Waals surface area contributed by atoms with Gasteiger partial charge in [-0.25, -0.2) is 9.37 Å². The smallest absolute Gasteiger partial charge is 0.237 e. The van der Waals surface area contributed by atoms with Gasteiger partial charge in [0, 0.05) is 10.5 Å². The van der Waals surface area contributed by atoms with E-state index >= 15 is 0 Å². The first-order valence-corrected chi connectivity index (χ1v) is 5.67. The van der Waals surface area contributed by atoms with Gasteiger partial charge in [0.25, 0.3) is 0 Å². The highest BCUT2D eigenvalue weighted by Crippen LogP contribution is 2.27. The Kier molecular flexibility index (Phi) is 3.44. The molecule has 0 bridgehead atoms. The average Bonchev–Trinajstić information content (AvgIpc) is 2.30. The quantitative estimate of drug-likeness (QED) is 0.924. The highest BCUT2D eigenvalue weighted by molar-refractivity contribution is 9.10. The van der Waals surface area contributed by atoms with Gasteiger partial charge in [0.1, 0.15) is 23.2 Å². The molecule has 0 unspecified atom stereocenters. The standard InChI is InChI=1S/C12H7BrFN3O/c13-8-2-9(14)4-11(3-8)18-12-7(5-15)1-10(16)6-17-12/h1-4,6H,16H2. The van der Waals surface area contributed by atoms with Crippen molar-refractivity contribution >= 4 is 21.6 Å². The molecule has 0 aliphatic carbocycles. The molecule has 90 valence electrons. The number of aromatic nitrogens is 1.